The highest BCUT2D eigenvalue weighted by Crippen LogP contribution is 2.26. The number of para-hydroxylation sites is 2. The number of hydrogen-bond acceptors (Lipinski definition) is 8. The van der Waals surface area contributed by atoms with Crippen LogP contribution in [-0.4, -0.2) is 56.8 Å². The molecule has 0 saturated heterocycles. The third kappa shape index (κ3) is 6.65. The lowest BCUT2D eigenvalue weighted by Crippen LogP contribution is -2.33. The first-order chi connectivity index (χ1) is 14.0. The third-order valence-electron chi connectivity index (χ3n) is 4.12. The summed E-state index contributed by atoms with van der Waals surface area (Å²) in [6.45, 7) is 0.947. The average Bonchev–Trinajstić information content (AvgIpc) is 2.73. The largest absolute Gasteiger partial charge is 0.497 e. The minimum Gasteiger partial charge on any atom is -0.497 e. The number of nitro benzene ring substituents is 1. The monoisotopic (exact) mass is 404 g/mol. The molecule has 0 bridgehead atoms. The van der Waals surface area contributed by atoms with Crippen LogP contribution in [0.2, 0.25) is 0 Å². The van der Waals surface area contributed by atoms with Crippen LogP contribution in [0.5, 0.6) is 17.2 Å². The van der Waals surface area contributed by atoms with E-state index in [1.54, 1.807) is 32.4 Å². The molecule has 0 aliphatic heterocycles. The summed E-state index contributed by atoms with van der Waals surface area (Å²) in [7, 11) is 4.44. The van der Waals surface area contributed by atoms with Crippen molar-refractivity contribution in [2.24, 2.45) is 0 Å². The van der Waals surface area contributed by atoms with E-state index < -0.39 is 10.9 Å². The molecular weight excluding hydrogens is 380 g/mol. The topological polar surface area (TPSA) is 100 Å². The van der Waals surface area contributed by atoms with Crippen LogP contribution in [0.1, 0.15) is 5.56 Å². The van der Waals surface area contributed by atoms with Gasteiger partial charge in [0.2, 0.25) is 0 Å². The molecule has 9 heteroatoms. The second-order valence-electron chi connectivity index (χ2n) is 6.08. The quantitative estimate of drug-likeness (QED) is 0.320. The van der Waals surface area contributed by atoms with Crippen molar-refractivity contribution in [2.75, 3.05) is 41.0 Å². The first kappa shape index (κ1) is 22.0. The molecule has 2 aromatic rings. The fourth-order valence-corrected chi connectivity index (χ4v) is 2.69. The zero-order valence-electron chi connectivity index (χ0n) is 16.6. The molecule has 2 rings (SSSR count). The van der Waals surface area contributed by atoms with Crippen LogP contribution in [0.15, 0.2) is 42.5 Å². The van der Waals surface area contributed by atoms with Gasteiger partial charge in [0.25, 0.3) is 0 Å². The minimum absolute atomic E-state index is 0.0380. The summed E-state index contributed by atoms with van der Waals surface area (Å²) < 4.78 is 20.9. The van der Waals surface area contributed by atoms with Gasteiger partial charge in [-0.05, 0) is 23.8 Å². The molecule has 9 nitrogen and oxygen atoms in total. The Kier molecular flexibility index (Phi) is 8.23. The number of ether oxygens (including phenoxy) is 4. The van der Waals surface area contributed by atoms with Crippen molar-refractivity contribution in [1.82, 2.24) is 4.90 Å². The number of esters is 1. The highest BCUT2D eigenvalue weighted by molar-refractivity contribution is 5.71. The van der Waals surface area contributed by atoms with Crippen molar-refractivity contribution in [2.45, 2.75) is 6.54 Å². The molecule has 0 amide bonds. The van der Waals surface area contributed by atoms with Gasteiger partial charge in [0.15, 0.2) is 5.75 Å². The maximum absolute atomic E-state index is 11.8. The number of rotatable bonds is 11. The molecule has 0 unspecified atom stereocenters. The number of carbonyl (C=O) groups is 1. The lowest BCUT2D eigenvalue weighted by Gasteiger charge is -2.22. The number of carbonyl (C=O) groups excluding carboxylic acids is 1. The second-order valence-corrected chi connectivity index (χ2v) is 6.08. The van der Waals surface area contributed by atoms with Gasteiger partial charge in [-0.2, -0.15) is 0 Å². The van der Waals surface area contributed by atoms with E-state index in [-0.39, 0.29) is 24.6 Å². The second kappa shape index (κ2) is 10.9. The van der Waals surface area contributed by atoms with E-state index in [0.29, 0.717) is 24.6 Å². The van der Waals surface area contributed by atoms with Gasteiger partial charge >= 0.3 is 11.7 Å². The first-order valence-electron chi connectivity index (χ1n) is 8.84. The zero-order valence-corrected chi connectivity index (χ0v) is 16.6. The van der Waals surface area contributed by atoms with E-state index in [2.05, 4.69) is 0 Å². The van der Waals surface area contributed by atoms with Crippen molar-refractivity contribution in [3.8, 4) is 17.2 Å². The average molecular weight is 404 g/mol. The van der Waals surface area contributed by atoms with Crippen molar-refractivity contribution < 1.29 is 28.7 Å². The summed E-state index contributed by atoms with van der Waals surface area (Å²) in [6.07, 6.45) is 0. The van der Waals surface area contributed by atoms with Crippen LogP contribution in [0.3, 0.4) is 0 Å². The Morgan fingerprint density at radius 1 is 1.07 bits per heavy atom. The smallest absolute Gasteiger partial charge is 0.319 e. The van der Waals surface area contributed by atoms with E-state index in [1.165, 1.54) is 19.2 Å². The zero-order chi connectivity index (χ0) is 21.2. The Hall–Kier alpha value is -3.33. The molecule has 29 heavy (non-hydrogen) atoms. The van der Waals surface area contributed by atoms with Crippen molar-refractivity contribution in [3.63, 3.8) is 0 Å². The summed E-state index contributed by atoms with van der Waals surface area (Å²) in [5.41, 5.74) is 0.764. The van der Waals surface area contributed by atoms with Crippen molar-refractivity contribution >= 4 is 11.7 Å². The summed E-state index contributed by atoms with van der Waals surface area (Å²) in [5, 5.41) is 11.1. The molecule has 0 saturated carbocycles. The predicted molar refractivity (Wildman–Crippen MR) is 105 cm³/mol. The maximum Gasteiger partial charge on any atom is 0.319 e. The number of hydrogen-bond donors (Lipinski definition) is 0. The molecule has 0 fully saturated rings. The third-order valence-corrected chi connectivity index (χ3v) is 4.12. The van der Waals surface area contributed by atoms with Gasteiger partial charge in [0.1, 0.15) is 18.1 Å². The Morgan fingerprint density at radius 2 is 1.72 bits per heavy atom. The van der Waals surface area contributed by atoms with Crippen LogP contribution in [0, 0.1) is 10.1 Å². The summed E-state index contributed by atoms with van der Waals surface area (Å²) in [4.78, 5) is 24.2. The molecule has 156 valence electrons. The first-order valence-corrected chi connectivity index (χ1v) is 8.84. The Morgan fingerprint density at radius 3 is 2.31 bits per heavy atom. The molecule has 2 aromatic carbocycles. The summed E-state index contributed by atoms with van der Waals surface area (Å²) in [6, 6.07) is 11.6. The molecule has 0 aromatic heterocycles. The van der Waals surface area contributed by atoms with Crippen LogP contribution >= 0.6 is 0 Å². The normalized spacial score (nSPS) is 10.5. The molecule has 0 aliphatic rings. The summed E-state index contributed by atoms with van der Waals surface area (Å²) >= 11 is 0. The Balaban J connectivity index is 2.09. The number of methoxy groups -OCH3 is 3. The van der Waals surface area contributed by atoms with Gasteiger partial charge in [-0.15, -0.1) is 0 Å². The standard InChI is InChI=1S/C20H24N2O7/c1-26-16-10-15(11-17(12-16)27-2)13-21(14-20(23)28-3)8-9-29-19-7-5-4-6-18(19)22(24)25/h4-7,10-12H,8-9,13-14H2,1-3H3. The lowest BCUT2D eigenvalue weighted by atomic mass is 10.2. The molecule has 0 spiro atoms. The minimum atomic E-state index is -0.496. The van der Waals surface area contributed by atoms with Crippen LogP contribution in [0.25, 0.3) is 0 Å². The van der Waals surface area contributed by atoms with Gasteiger partial charge in [-0.25, -0.2) is 0 Å². The van der Waals surface area contributed by atoms with E-state index in [0.717, 1.165) is 5.56 Å². The maximum atomic E-state index is 11.8. The molecule has 0 radical (unpaired) electrons. The van der Waals surface area contributed by atoms with Gasteiger partial charge < -0.3 is 18.9 Å². The van der Waals surface area contributed by atoms with Crippen LogP contribution in [-0.2, 0) is 16.1 Å². The number of benzene rings is 2. The summed E-state index contributed by atoms with van der Waals surface area (Å²) in [5.74, 6) is 1.05. The highest BCUT2D eigenvalue weighted by atomic mass is 16.6. The van der Waals surface area contributed by atoms with E-state index >= 15 is 0 Å². The molecule has 0 N–H and O–H groups in total. The van der Waals surface area contributed by atoms with Gasteiger partial charge in [-0.1, -0.05) is 12.1 Å². The fourth-order valence-electron chi connectivity index (χ4n) is 2.69. The van der Waals surface area contributed by atoms with Gasteiger partial charge in [0, 0.05) is 25.2 Å². The van der Waals surface area contributed by atoms with Crippen LogP contribution in [0.4, 0.5) is 5.69 Å². The van der Waals surface area contributed by atoms with Gasteiger partial charge in [0.05, 0.1) is 32.8 Å². The van der Waals surface area contributed by atoms with Crippen molar-refractivity contribution in [1.29, 1.82) is 0 Å². The predicted octanol–water partition coefficient (Wildman–Crippen LogP) is 2.67. The van der Waals surface area contributed by atoms with E-state index in [1.807, 2.05) is 17.0 Å². The molecular formula is C20H24N2O7. The molecule has 0 atom stereocenters. The van der Waals surface area contributed by atoms with E-state index in [9.17, 15) is 14.9 Å². The Bertz CT molecular complexity index is 819. The fraction of sp³-hybridized carbons (Fsp3) is 0.350. The molecule has 0 aliphatic carbocycles. The number of nitro groups is 1. The SMILES string of the molecule is COC(=O)CN(CCOc1ccccc1[N+](=O)[O-])Cc1cc(OC)cc(OC)c1. The molecule has 0 heterocycles. The lowest BCUT2D eigenvalue weighted by molar-refractivity contribution is -0.385. The van der Waals surface area contributed by atoms with Gasteiger partial charge in [-0.3, -0.25) is 19.8 Å². The van der Waals surface area contributed by atoms with E-state index in [4.69, 9.17) is 18.9 Å². The van der Waals surface area contributed by atoms with Crippen LogP contribution < -0.4 is 14.2 Å². The Labute approximate surface area is 168 Å². The van der Waals surface area contributed by atoms with Crippen molar-refractivity contribution in [3.05, 3.63) is 58.1 Å². The number of nitrogens with zero attached hydrogens (tertiary/aromatic N) is 2. The highest BCUT2D eigenvalue weighted by Gasteiger charge is 2.16.